The van der Waals surface area contributed by atoms with Crippen LogP contribution in [0.15, 0.2) is 0 Å². The molecule has 2 saturated heterocycles. The summed E-state index contributed by atoms with van der Waals surface area (Å²) in [5.41, 5.74) is 0. The number of hydrogen-bond donors (Lipinski definition) is 1. The number of carbonyl (C=O) groups is 1. The van der Waals surface area contributed by atoms with Crippen LogP contribution >= 0.6 is 0 Å². The smallest absolute Gasteiger partial charge is 0.317 e. The molecule has 0 spiro atoms. The maximum Gasteiger partial charge on any atom is 0.317 e. The number of likely N-dealkylation sites (tertiary alicyclic amines) is 1. The zero-order valence-corrected chi connectivity index (χ0v) is 12.4. The molecular formula is C15H28N2O3. The quantitative estimate of drug-likeness (QED) is 0.760. The molecule has 1 unspecified atom stereocenters. The van der Waals surface area contributed by atoms with Crippen molar-refractivity contribution in [1.29, 1.82) is 0 Å². The van der Waals surface area contributed by atoms with Crippen molar-refractivity contribution in [2.45, 2.75) is 51.0 Å². The third-order valence-corrected chi connectivity index (χ3v) is 3.96. The Morgan fingerprint density at radius 3 is 2.70 bits per heavy atom. The number of hydrogen-bond acceptors (Lipinski definition) is 3. The SMILES string of the molecule is O=C(NCCCOCC1CCCO1)N1CCCCCC1. The molecule has 0 saturated carbocycles. The monoisotopic (exact) mass is 284 g/mol. The molecule has 5 heteroatoms. The Morgan fingerprint density at radius 1 is 1.20 bits per heavy atom. The van der Waals surface area contributed by atoms with Gasteiger partial charge in [0.15, 0.2) is 0 Å². The van der Waals surface area contributed by atoms with Crippen LogP contribution in [-0.2, 0) is 9.47 Å². The van der Waals surface area contributed by atoms with E-state index in [1.807, 2.05) is 4.90 Å². The summed E-state index contributed by atoms with van der Waals surface area (Å²) >= 11 is 0. The first-order chi connectivity index (χ1) is 9.86. The van der Waals surface area contributed by atoms with Crippen molar-refractivity contribution in [2.24, 2.45) is 0 Å². The maximum atomic E-state index is 11.9. The number of nitrogens with one attached hydrogen (secondary N) is 1. The molecule has 0 aliphatic carbocycles. The van der Waals surface area contributed by atoms with E-state index >= 15 is 0 Å². The highest BCUT2D eigenvalue weighted by molar-refractivity contribution is 5.74. The van der Waals surface area contributed by atoms with Gasteiger partial charge < -0.3 is 19.7 Å². The molecule has 2 rings (SSSR count). The molecule has 0 bridgehead atoms. The van der Waals surface area contributed by atoms with Crippen LogP contribution in [-0.4, -0.2) is 56.5 Å². The zero-order valence-electron chi connectivity index (χ0n) is 12.4. The molecule has 116 valence electrons. The van der Waals surface area contributed by atoms with Gasteiger partial charge in [-0.15, -0.1) is 0 Å². The minimum atomic E-state index is 0.0889. The number of nitrogens with zero attached hydrogens (tertiary/aromatic N) is 1. The fourth-order valence-electron chi connectivity index (χ4n) is 2.75. The minimum absolute atomic E-state index is 0.0889. The summed E-state index contributed by atoms with van der Waals surface area (Å²) in [4.78, 5) is 13.9. The molecule has 0 aromatic rings. The lowest BCUT2D eigenvalue weighted by molar-refractivity contribution is 0.0167. The second-order valence-electron chi connectivity index (χ2n) is 5.70. The van der Waals surface area contributed by atoms with Gasteiger partial charge in [-0.05, 0) is 32.1 Å². The lowest BCUT2D eigenvalue weighted by Gasteiger charge is -2.20. The molecule has 5 nitrogen and oxygen atoms in total. The van der Waals surface area contributed by atoms with Crippen molar-refractivity contribution in [3.05, 3.63) is 0 Å². The second-order valence-corrected chi connectivity index (χ2v) is 5.70. The summed E-state index contributed by atoms with van der Waals surface area (Å²) in [7, 11) is 0. The van der Waals surface area contributed by atoms with E-state index < -0.39 is 0 Å². The van der Waals surface area contributed by atoms with Gasteiger partial charge in [0.25, 0.3) is 0 Å². The van der Waals surface area contributed by atoms with Crippen LogP contribution in [0.1, 0.15) is 44.9 Å². The summed E-state index contributed by atoms with van der Waals surface area (Å²) in [6.45, 7) is 4.77. The van der Waals surface area contributed by atoms with Crippen LogP contribution in [0.3, 0.4) is 0 Å². The molecule has 0 aromatic heterocycles. The van der Waals surface area contributed by atoms with E-state index in [4.69, 9.17) is 9.47 Å². The molecule has 0 aromatic carbocycles. The van der Waals surface area contributed by atoms with Gasteiger partial charge in [0.2, 0.25) is 0 Å². The van der Waals surface area contributed by atoms with E-state index in [0.29, 0.717) is 25.9 Å². The largest absolute Gasteiger partial charge is 0.379 e. The van der Waals surface area contributed by atoms with Gasteiger partial charge in [0, 0.05) is 32.8 Å². The fraction of sp³-hybridized carbons (Fsp3) is 0.933. The Balaban J connectivity index is 1.46. The molecule has 1 atom stereocenters. The van der Waals surface area contributed by atoms with E-state index in [-0.39, 0.29) is 6.03 Å². The van der Waals surface area contributed by atoms with Gasteiger partial charge in [-0.1, -0.05) is 12.8 Å². The molecule has 2 aliphatic heterocycles. The normalized spacial score (nSPS) is 23.6. The first-order valence-electron chi connectivity index (χ1n) is 8.08. The average molecular weight is 284 g/mol. The van der Waals surface area contributed by atoms with Crippen molar-refractivity contribution in [1.82, 2.24) is 10.2 Å². The molecule has 2 fully saturated rings. The highest BCUT2D eigenvalue weighted by Crippen LogP contribution is 2.12. The van der Waals surface area contributed by atoms with Crippen molar-refractivity contribution in [3.63, 3.8) is 0 Å². The fourth-order valence-corrected chi connectivity index (χ4v) is 2.75. The summed E-state index contributed by atoms with van der Waals surface area (Å²) in [6, 6.07) is 0.0889. The molecule has 2 aliphatic rings. The molecule has 2 heterocycles. The standard InChI is InChI=1S/C15H28N2O3/c18-15(17-9-3-1-2-4-10-17)16-8-6-11-19-13-14-7-5-12-20-14/h14H,1-13H2,(H,16,18). The Labute approximate surface area is 122 Å². The Kier molecular flexibility index (Phi) is 7.15. The van der Waals surface area contributed by atoms with Gasteiger partial charge >= 0.3 is 6.03 Å². The summed E-state index contributed by atoms with van der Waals surface area (Å²) < 4.78 is 11.1. The summed E-state index contributed by atoms with van der Waals surface area (Å²) in [5, 5.41) is 2.98. The summed E-state index contributed by atoms with van der Waals surface area (Å²) in [5.74, 6) is 0. The minimum Gasteiger partial charge on any atom is -0.379 e. The van der Waals surface area contributed by atoms with Crippen LogP contribution in [0.25, 0.3) is 0 Å². The Morgan fingerprint density at radius 2 is 2.00 bits per heavy atom. The Bertz CT molecular complexity index is 272. The Hall–Kier alpha value is -0.810. The van der Waals surface area contributed by atoms with E-state index in [2.05, 4.69) is 5.32 Å². The number of rotatable bonds is 6. The van der Waals surface area contributed by atoms with Crippen molar-refractivity contribution in [3.8, 4) is 0 Å². The van der Waals surface area contributed by atoms with Crippen LogP contribution in [0.5, 0.6) is 0 Å². The summed E-state index contributed by atoms with van der Waals surface area (Å²) in [6.07, 6.45) is 8.21. The number of urea groups is 1. The molecular weight excluding hydrogens is 256 g/mol. The second kappa shape index (κ2) is 9.19. The number of amides is 2. The maximum absolute atomic E-state index is 11.9. The first kappa shape index (κ1) is 15.6. The van der Waals surface area contributed by atoms with Gasteiger partial charge in [-0.25, -0.2) is 4.79 Å². The topological polar surface area (TPSA) is 50.8 Å². The third-order valence-electron chi connectivity index (χ3n) is 3.96. The van der Waals surface area contributed by atoms with Crippen molar-refractivity contribution >= 4 is 6.03 Å². The third kappa shape index (κ3) is 5.67. The van der Waals surface area contributed by atoms with Crippen LogP contribution in [0.4, 0.5) is 4.79 Å². The molecule has 20 heavy (non-hydrogen) atoms. The van der Waals surface area contributed by atoms with Crippen molar-refractivity contribution in [2.75, 3.05) is 39.5 Å². The first-order valence-corrected chi connectivity index (χ1v) is 8.08. The highest BCUT2D eigenvalue weighted by Gasteiger charge is 2.16. The highest BCUT2D eigenvalue weighted by atomic mass is 16.5. The van der Waals surface area contributed by atoms with Crippen LogP contribution in [0.2, 0.25) is 0 Å². The molecule has 1 N–H and O–H groups in total. The lowest BCUT2D eigenvalue weighted by atomic mass is 10.2. The van der Waals surface area contributed by atoms with Crippen LogP contribution in [0, 0.1) is 0 Å². The van der Waals surface area contributed by atoms with Crippen molar-refractivity contribution < 1.29 is 14.3 Å². The van der Waals surface area contributed by atoms with E-state index in [1.165, 1.54) is 12.8 Å². The van der Waals surface area contributed by atoms with Gasteiger partial charge in [-0.2, -0.15) is 0 Å². The number of ether oxygens (including phenoxy) is 2. The van der Waals surface area contributed by atoms with Crippen LogP contribution < -0.4 is 5.32 Å². The predicted molar refractivity (Wildman–Crippen MR) is 77.8 cm³/mol. The molecule has 2 amide bonds. The van der Waals surface area contributed by atoms with Gasteiger partial charge in [0.05, 0.1) is 12.7 Å². The van der Waals surface area contributed by atoms with E-state index in [0.717, 1.165) is 51.8 Å². The lowest BCUT2D eigenvalue weighted by Crippen LogP contribution is -2.41. The zero-order chi connectivity index (χ0) is 14.0. The average Bonchev–Trinajstić information content (AvgIpc) is 2.82. The molecule has 0 radical (unpaired) electrons. The van der Waals surface area contributed by atoms with E-state index in [1.54, 1.807) is 0 Å². The van der Waals surface area contributed by atoms with Gasteiger partial charge in [-0.3, -0.25) is 0 Å². The van der Waals surface area contributed by atoms with E-state index in [9.17, 15) is 4.79 Å². The number of carbonyl (C=O) groups excluding carboxylic acids is 1. The predicted octanol–water partition coefficient (Wildman–Crippen LogP) is 2.16. The van der Waals surface area contributed by atoms with Gasteiger partial charge in [0.1, 0.15) is 0 Å².